The van der Waals surface area contributed by atoms with Crippen molar-refractivity contribution in [1.82, 2.24) is 10.6 Å². The third-order valence-electron chi connectivity index (χ3n) is 3.01. The molecule has 0 radical (unpaired) electrons. The lowest BCUT2D eigenvalue weighted by Gasteiger charge is -2.06. The lowest BCUT2D eigenvalue weighted by Crippen LogP contribution is -2.32. The van der Waals surface area contributed by atoms with Crippen molar-refractivity contribution in [2.45, 2.75) is 19.4 Å². The minimum Gasteiger partial charge on any atom is -0.467 e. The second kappa shape index (κ2) is 8.24. The van der Waals surface area contributed by atoms with Crippen LogP contribution in [-0.4, -0.2) is 18.4 Å². The van der Waals surface area contributed by atoms with E-state index in [0.29, 0.717) is 23.7 Å². The number of nitrogens with one attached hydrogen (secondary N) is 2. The third kappa shape index (κ3) is 5.61. The molecule has 1 aromatic heterocycles. The molecule has 2 rings (SSSR count). The summed E-state index contributed by atoms with van der Waals surface area (Å²) in [4.78, 5) is 23.2. The predicted molar refractivity (Wildman–Crippen MR) is 83.3 cm³/mol. The molecule has 6 heteroatoms. The van der Waals surface area contributed by atoms with Gasteiger partial charge in [0.15, 0.2) is 0 Å². The number of amides is 2. The number of carbonyl (C=O) groups is 2. The maximum atomic E-state index is 11.6. The lowest BCUT2D eigenvalue weighted by atomic mass is 10.1. The maximum absolute atomic E-state index is 11.6. The van der Waals surface area contributed by atoms with Crippen LogP contribution < -0.4 is 10.6 Å². The normalized spacial score (nSPS) is 10.2. The summed E-state index contributed by atoms with van der Waals surface area (Å²) in [5.41, 5.74) is 1.08. The van der Waals surface area contributed by atoms with Crippen molar-refractivity contribution in [1.29, 1.82) is 0 Å². The van der Waals surface area contributed by atoms with Crippen LogP contribution in [0.1, 0.15) is 17.7 Å². The number of benzene rings is 1. The Morgan fingerprint density at radius 2 is 1.77 bits per heavy atom. The first-order chi connectivity index (χ1) is 10.6. The van der Waals surface area contributed by atoms with Crippen LogP contribution in [0.2, 0.25) is 5.02 Å². The van der Waals surface area contributed by atoms with Crippen LogP contribution in [-0.2, 0) is 22.6 Å². The molecule has 0 atom stereocenters. The first kappa shape index (κ1) is 16.1. The van der Waals surface area contributed by atoms with Crippen molar-refractivity contribution in [3.8, 4) is 0 Å². The smallest absolute Gasteiger partial charge is 0.229 e. The monoisotopic (exact) mass is 320 g/mol. The van der Waals surface area contributed by atoms with Gasteiger partial charge >= 0.3 is 0 Å². The molecular formula is C16H17ClN2O3. The van der Waals surface area contributed by atoms with Crippen LogP contribution in [0, 0.1) is 0 Å². The maximum Gasteiger partial charge on any atom is 0.229 e. The third-order valence-corrected chi connectivity index (χ3v) is 3.26. The minimum atomic E-state index is -0.333. The quantitative estimate of drug-likeness (QED) is 0.769. The topological polar surface area (TPSA) is 71.3 Å². The molecule has 0 saturated heterocycles. The first-order valence-electron chi connectivity index (χ1n) is 6.94. The Balaban J connectivity index is 1.62. The van der Waals surface area contributed by atoms with Gasteiger partial charge in [-0.05, 0) is 36.2 Å². The van der Waals surface area contributed by atoms with Crippen LogP contribution in [0.15, 0.2) is 47.1 Å². The van der Waals surface area contributed by atoms with Crippen molar-refractivity contribution in [3.05, 3.63) is 59.0 Å². The molecule has 0 aliphatic carbocycles. The molecule has 0 aliphatic heterocycles. The summed E-state index contributed by atoms with van der Waals surface area (Å²) in [6.07, 6.45) is 2.03. The highest BCUT2D eigenvalue weighted by molar-refractivity contribution is 6.30. The summed E-state index contributed by atoms with van der Waals surface area (Å²) in [6, 6.07) is 10.9. The Morgan fingerprint density at radius 3 is 2.45 bits per heavy atom. The molecule has 1 aromatic carbocycles. The summed E-state index contributed by atoms with van der Waals surface area (Å²) >= 11 is 5.80. The fourth-order valence-electron chi connectivity index (χ4n) is 1.87. The highest BCUT2D eigenvalue weighted by Gasteiger charge is 2.09. The van der Waals surface area contributed by atoms with Crippen LogP contribution in [0.5, 0.6) is 0 Å². The van der Waals surface area contributed by atoms with Gasteiger partial charge in [-0.1, -0.05) is 23.7 Å². The van der Waals surface area contributed by atoms with Crippen LogP contribution in [0.25, 0.3) is 0 Å². The molecule has 0 aliphatic rings. The zero-order valence-corrected chi connectivity index (χ0v) is 12.7. The van der Waals surface area contributed by atoms with E-state index in [1.54, 1.807) is 24.3 Å². The van der Waals surface area contributed by atoms with Crippen molar-refractivity contribution in [2.24, 2.45) is 0 Å². The van der Waals surface area contributed by atoms with Crippen LogP contribution in [0.3, 0.4) is 0 Å². The average Bonchev–Trinajstić information content (AvgIpc) is 3.00. The number of carbonyl (C=O) groups excluding carboxylic acids is 2. The summed E-state index contributed by atoms with van der Waals surface area (Å²) < 4.78 is 5.09. The predicted octanol–water partition coefficient (Wildman–Crippen LogP) is 2.30. The van der Waals surface area contributed by atoms with Crippen molar-refractivity contribution < 1.29 is 14.0 Å². The molecule has 5 nitrogen and oxygen atoms in total. The van der Waals surface area contributed by atoms with E-state index < -0.39 is 0 Å². The van der Waals surface area contributed by atoms with E-state index in [0.717, 1.165) is 5.56 Å². The van der Waals surface area contributed by atoms with E-state index in [-0.39, 0.29) is 24.8 Å². The second-order valence-electron chi connectivity index (χ2n) is 4.76. The Labute approximate surface area is 133 Å². The van der Waals surface area contributed by atoms with Gasteiger partial charge in [0, 0.05) is 11.6 Å². The number of hydrogen-bond acceptors (Lipinski definition) is 3. The lowest BCUT2D eigenvalue weighted by molar-refractivity contribution is -0.129. The molecule has 2 aromatic rings. The Morgan fingerprint density at radius 1 is 1.05 bits per heavy atom. The highest BCUT2D eigenvalue weighted by Crippen LogP contribution is 2.09. The van der Waals surface area contributed by atoms with E-state index in [9.17, 15) is 9.59 Å². The van der Waals surface area contributed by atoms with E-state index in [2.05, 4.69) is 10.6 Å². The minimum absolute atomic E-state index is 0.193. The van der Waals surface area contributed by atoms with Gasteiger partial charge in [-0.15, -0.1) is 0 Å². The zero-order valence-electron chi connectivity index (χ0n) is 12.0. The van der Waals surface area contributed by atoms with Gasteiger partial charge < -0.3 is 15.1 Å². The second-order valence-corrected chi connectivity index (χ2v) is 5.20. The first-order valence-corrected chi connectivity index (χ1v) is 7.31. The molecule has 0 fully saturated rings. The molecule has 0 saturated carbocycles. The van der Waals surface area contributed by atoms with Crippen molar-refractivity contribution in [2.75, 3.05) is 6.54 Å². The SMILES string of the molecule is O=C(CC(=O)NCc1ccco1)NCCc1ccc(Cl)cc1. The number of halogens is 1. The molecule has 116 valence electrons. The van der Waals surface area contributed by atoms with Gasteiger partial charge in [0.1, 0.15) is 12.2 Å². The highest BCUT2D eigenvalue weighted by atomic mass is 35.5. The summed E-state index contributed by atoms with van der Waals surface area (Å²) in [5.74, 6) is 0.0165. The zero-order chi connectivity index (χ0) is 15.8. The molecule has 22 heavy (non-hydrogen) atoms. The molecule has 0 spiro atoms. The Kier molecular flexibility index (Phi) is 6.03. The largest absolute Gasteiger partial charge is 0.467 e. The summed E-state index contributed by atoms with van der Waals surface area (Å²) in [7, 11) is 0. The average molecular weight is 321 g/mol. The van der Waals surface area contributed by atoms with E-state index in [4.69, 9.17) is 16.0 Å². The van der Waals surface area contributed by atoms with Crippen LogP contribution >= 0.6 is 11.6 Å². The number of rotatable bonds is 7. The van der Waals surface area contributed by atoms with E-state index >= 15 is 0 Å². The molecule has 2 amide bonds. The fraction of sp³-hybridized carbons (Fsp3) is 0.250. The summed E-state index contributed by atoms with van der Waals surface area (Å²) in [5, 5.41) is 6.02. The molecule has 0 bridgehead atoms. The van der Waals surface area contributed by atoms with Gasteiger partial charge in [-0.25, -0.2) is 0 Å². The van der Waals surface area contributed by atoms with Crippen LogP contribution in [0.4, 0.5) is 0 Å². The van der Waals surface area contributed by atoms with E-state index in [1.165, 1.54) is 6.26 Å². The molecule has 2 N–H and O–H groups in total. The van der Waals surface area contributed by atoms with Gasteiger partial charge in [0.2, 0.25) is 11.8 Å². The molecular weight excluding hydrogens is 304 g/mol. The van der Waals surface area contributed by atoms with Crippen molar-refractivity contribution in [3.63, 3.8) is 0 Å². The van der Waals surface area contributed by atoms with Gasteiger partial charge in [-0.2, -0.15) is 0 Å². The Bertz CT molecular complexity index is 609. The van der Waals surface area contributed by atoms with Gasteiger partial charge in [-0.3, -0.25) is 9.59 Å². The number of furan rings is 1. The van der Waals surface area contributed by atoms with E-state index in [1.807, 2.05) is 12.1 Å². The number of hydrogen-bond donors (Lipinski definition) is 2. The standard InChI is InChI=1S/C16H17ClN2O3/c17-13-5-3-12(4-6-13)7-8-18-15(20)10-16(21)19-11-14-2-1-9-22-14/h1-6,9H,7-8,10-11H2,(H,18,20)(H,19,21). The van der Waals surface area contributed by atoms with Gasteiger partial charge in [0.25, 0.3) is 0 Å². The molecule has 0 unspecified atom stereocenters. The van der Waals surface area contributed by atoms with Crippen molar-refractivity contribution >= 4 is 23.4 Å². The fourth-order valence-corrected chi connectivity index (χ4v) is 1.99. The summed E-state index contributed by atoms with van der Waals surface area (Å²) in [6.45, 7) is 0.760. The molecule has 1 heterocycles. The van der Waals surface area contributed by atoms with Gasteiger partial charge in [0.05, 0.1) is 12.8 Å². The Hall–Kier alpha value is -2.27.